The predicted octanol–water partition coefficient (Wildman–Crippen LogP) is 9.88. The number of rotatable bonds is 21. The van der Waals surface area contributed by atoms with E-state index in [1.54, 1.807) is 48.5 Å². The molecule has 2 rings (SSSR count). The number of phenolic OH excluding ortho intramolecular Hbond substituents is 1. The quantitative estimate of drug-likeness (QED) is 0.0979. The van der Waals surface area contributed by atoms with Gasteiger partial charge < -0.3 is 10.4 Å². The highest BCUT2D eigenvalue weighted by Gasteiger charge is 2.07. The van der Waals surface area contributed by atoms with Crippen LogP contribution in [-0.2, 0) is 4.79 Å². The second-order valence-corrected chi connectivity index (χ2v) is 10.5. The molecule has 2 N–H and O–H groups in total. The van der Waals surface area contributed by atoms with Crippen LogP contribution in [0.25, 0.3) is 6.08 Å². The number of aromatic hydroxyl groups is 1. The molecular weight excluding hydrogens is 470 g/mol. The van der Waals surface area contributed by atoms with Gasteiger partial charge in [0.25, 0.3) is 0 Å². The van der Waals surface area contributed by atoms with E-state index in [1.807, 2.05) is 6.07 Å². The largest absolute Gasteiger partial charge is 0.508 e. The van der Waals surface area contributed by atoms with E-state index in [9.17, 15) is 14.7 Å². The van der Waals surface area contributed by atoms with Gasteiger partial charge in [0.1, 0.15) is 5.75 Å². The third-order valence-electron chi connectivity index (χ3n) is 7.03. The molecule has 4 nitrogen and oxygen atoms in total. The fourth-order valence-electron chi connectivity index (χ4n) is 4.69. The summed E-state index contributed by atoms with van der Waals surface area (Å²) in [6.07, 6.45) is 24.8. The van der Waals surface area contributed by atoms with Gasteiger partial charge in [-0.05, 0) is 42.3 Å². The normalized spacial score (nSPS) is 11.2. The summed E-state index contributed by atoms with van der Waals surface area (Å²) in [5, 5.41) is 12.2. The zero-order chi connectivity index (χ0) is 27.3. The number of benzene rings is 2. The van der Waals surface area contributed by atoms with Crippen molar-refractivity contribution in [1.29, 1.82) is 0 Å². The average Bonchev–Trinajstić information content (AvgIpc) is 2.92. The lowest BCUT2D eigenvalue weighted by molar-refractivity contribution is -0.111. The van der Waals surface area contributed by atoms with Gasteiger partial charge in [0.2, 0.25) is 5.91 Å². The van der Waals surface area contributed by atoms with Crippen molar-refractivity contribution in [3.63, 3.8) is 0 Å². The van der Waals surface area contributed by atoms with Crippen LogP contribution in [-0.4, -0.2) is 16.8 Å². The van der Waals surface area contributed by atoms with Crippen molar-refractivity contribution in [3.05, 3.63) is 65.7 Å². The van der Waals surface area contributed by atoms with Crippen LogP contribution in [0.5, 0.6) is 5.75 Å². The number of phenols is 1. The molecule has 0 spiro atoms. The van der Waals surface area contributed by atoms with Crippen LogP contribution >= 0.6 is 0 Å². The van der Waals surface area contributed by atoms with Gasteiger partial charge in [-0.3, -0.25) is 9.59 Å². The lowest BCUT2D eigenvalue weighted by atomic mass is 10.0. The number of hydrogen-bond donors (Lipinski definition) is 2. The first-order valence-corrected chi connectivity index (χ1v) is 15.0. The van der Waals surface area contributed by atoms with Crippen molar-refractivity contribution in [2.24, 2.45) is 0 Å². The molecule has 0 radical (unpaired) electrons. The molecule has 0 aromatic heterocycles. The SMILES string of the molecule is CCCCCCCCCCCCCCCCCCC(=O)c1cccc(NC(=O)C=Cc2ccc(O)cc2)c1. The van der Waals surface area contributed by atoms with Crippen LogP contribution in [0, 0.1) is 0 Å². The van der Waals surface area contributed by atoms with Gasteiger partial charge in [-0.1, -0.05) is 128 Å². The molecule has 2 aromatic carbocycles. The van der Waals surface area contributed by atoms with E-state index in [0.29, 0.717) is 17.7 Å². The molecule has 38 heavy (non-hydrogen) atoms. The molecule has 2 aromatic rings. The summed E-state index contributed by atoms with van der Waals surface area (Å²) in [6.45, 7) is 2.27. The Labute approximate surface area is 230 Å². The number of ketones is 1. The molecule has 4 heteroatoms. The molecule has 0 saturated carbocycles. The van der Waals surface area contributed by atoms with E-state index in [1.165, 1.54) is 96.0 Å². The van der Waals surface area contributed by atoms with Gasteiger partial charge in [0.05, 0.1) is 0 Å². The lowest BCUT2D eigenvalue weighted by Crippen LogP contribution is -2.08. The van der Waals surface area contributed by atoms with Crippen molar-refractivity contribution in [1.82, 2.24) is 0 Å². The van der Waals surface area contributed by atoms with E-state index in [0.717, 1.165) is 18.4 Å². The summed E-state index contributed by atoms with van der Waals surface area (Å²) in [5.74, 6) is 0.0549. The number of Topliss-reactive ketones (excluding diaryl/α,β-unsaturated/α-hetero) is 1. The maximum absolute atomic E-state index is 12.6. The number of carbonyl (C=O) groups is 2. The Kier molecular flexibility index (Phi) is 16.6. The summed E-state index contributed by atoms with van der Waals surface area (Å²) in [4.78, 5) is 24.9. The Morgan fingerprint density at radius 3 is 1.79 bits per heavy atom. The highest BCUT2D eigenvalue weighted by atomic mass is 16.3. The topological polar surface area (TPSA) is 66.4 Å². The first kappa shape index (κ1) is 31.3. The predicted molar refractivity (Wildman–Crippen MR) is 161 cm³/mol. The Bertz CT molecular complexity index is 948. The first-order valence-electron chi connectivity index (χ1n) is 15.0. The molecule has 0 aliphatic heterocycles. The van der Waals surface area contributed by atoms with E-state index in [4.69, 9.17) is 0 Å². The molecule has 0 atom stereocenters. The summed E-state index contributed by atoms with van der Waals surface area (Å²) < 4.78 is 0. The van der Waals surface area contributed by atoms with Crippen molar-refractivity contribution >= 4 is 23.5 Å². The molecule has 0 heterocycles. The maximum atomic E-state index is 12.6. The van der Waals surface area contributed by atoms with Crippen molar-refractivity contribution in [2.45, 2.75) is 116 Å². The third-order valence-corrected chi connectivity index (χ3v) is 7.03. The Hall–Kier alpha value is -2.88. The van der Waals surface area contributed by atoms with Crippen LogP contribution in [0.2, 0.25) is 0 Å². The van der Waals surface area contributed by atoms with Gasteiger partial charge in [-0.2, -0.15) is 0 Å². The van der Waals surface area contributed by atoms with E-state index >= 15 is 0 Å². The highest BCUT2D eigenvalue weighted by molar-refractivity contribution is 6.03. The molecule has 0 saturated heterocycles. The molecule has 0 aliphatic rings. The minimum absolute atomic E-state index is 0.131. The third kappa shape index (κ3) is 14.8. The fraction of sp³-hybridized carbons (Fsp3) is 0.529. The summed E-state index contributed by atoms with van der Waals surface area (Å²) in [6, 6.07) is 13.8. The van der Waals surface area contributed by atoms with Crippen LogP contribution in [0.15, 0.2) is 54.6 Å². The summed E-state index contributed by atoms with van der Waals surface area (Å²) in [7, 11) is 0. The Morgan fingerprint density at radius 2 is 1.24 bits per heavy atom. The number of hydrogen-bond acceptors (Lipinski definition) is 3. The van der Waals surface area contributed by atoms with Crippen LogP contribution in [0.3, 0.4) is 0 Å². The average molecular weight is 520 g/mol. The lowest BCUT2D eigenvalue weighted by Gasteiger charge is -2.06. The molecule has 208 valence electrons. The summed E-state index contributed by atoms with van der Waals surface area (Å²) >= 11 is 0. The number of unbranched alkanes of at least 4 members (excludes halogenated alkanes) is 15. The summed E-state index contributed by atoms with van der Waals surface area (Å²) in [5.41, 5.74) is 2.08. The van der Waals surface area contributed by atoms with Crippen LogP contribution in [0.1, 0.15) is 132 Å². The Balaban J connectivity index is 1.51. The first-order chi connectivity index (χ1) is 18.6. The monoisotopic (exact) mass is 519 g/mol. The van der Waals surface area contributed by atoms with Crippen molar-refractivity contribution in [2.75, 3.05) is 5.32 Å². The molecule has 0 aliphatic carbocycles. The molecular formula is C34H49NO3. The number of carbonyl (C=O) groups excluding carboxylic acids is 2. The van der Waals surface area contributed by atoms with Crippen LogP contribution in [0.4, 0.5) is 5.69 Å². The van der Waals surface area contributed by atoms with E-state index in [-0.39, 0.29) is 17.4 Å². The van der Waals surface area contributed by atoms with Crippen LogP contribution < -0.4 is 5.32 Å². The Morgan fingerprint density at radius 1 is 0.711 bits per heavy atom. The number of nitrogens with one attached hydrogen (secondary N) is 1. The van der Waals surface area contributed by atoms with E-state index in [2.05, 4.69) is 12.2 Å². The second-order valence-electron chi connectivity index (χ2n) is 10.5. The van der Waals surface area contributed by atoms with Crippen molar-refractivity contribution in [3.8, 4) is 5.75 Å². The zero-order valence-electron chi connectivity index (χ0n) is 23.6. The van der Waals surface area contributed by atoms with Gasteiger partial charge in [0.15, 0.2) is 5.78 Å². The van der Waals surface area contributed by atoms with E-state index < -0.39 is 0 Å². The van der Waals surface area contributed by atoms with Gasteiger partial charge in [-0.15, -0.1) is 0 Å². The van der Waals surface area contributed by atoms with Gasteiger partial charge in [-0.25, -0.2) is 0 Å². The second kappa shape index (κ2) is 20.1. The smallest absolute Gasteiger partial charge is 0.248 e. The molecule has 0 bridgehead atoms. The standard InChI is InChI=1S/C34H49NO3/c1-2-3-4-5-6-7-8-9-10-11-12-13-14-15-16-17-21-33(37)30-19-18-20-31(28-30)35-34(38)27-24-29-22-25-32(36)26-23-29/h18-20,22-28,36H,2-17,21H2,1H3,(H,35,38). The zero-order valence-corrected chi connectivity index (χ0v) is 23.6. The number of anilines is 1. The molecule has 1 amide bonds. The van der Waals surface area contributed by atoms with Gasteiger partial charge >= 0.3 is 0 Å². The molecule has 0 fully saturated rings. The minimum Gasteiger partial charge on any atom is -0.508 e. The number of amides is 1. The van der Waals surface area contributed by atoms with Crippen molar-refractivity contribution < 1.29 is 14.7 Å². The fourth-order valence-corrected chi connectivity index (χ4v) is 4.69. The maximum Gasteiger partial charge on any atom is 0.248 e. The highest BCUT2D eigenvalue weighted by Crippen LogP contribution is 2.17. The van der Waals surface area contributed by atoms with Gasteiger partial charge in [0, 0.05) is 23.7 Å². The molecule has 0 unspecified atom stereocenters. The minimum atomic E-state index is -0.263.